The van der Waals surface area contributed by atoms with Gasteiger partial charge in [0, 0.05) is 17.1 Å². The molecule has 0 radical (unpaired) electrons. The number of rotatable bonds is 10. The van der Waals surface area contributed by atoms with E-state index in [1.54, 1.807) is 56.5 Å². The number of nitrogens with zero attached hydrogens (tertiary/aromatic N) is 2. The Labute approximate surface area is 245 Å². The second-order valence-corrected chi connectivity index (χ2v) is 12.9. The van der Waals surface area contributed by atoms with E-state index < -0.39 is 34.1 Å². The van der Waals surface area contributed by atoms with Crippen molar-refractivity contribution in [1.29, 1.82) is 0 Å². The molecule has 0 aliphatic rings. The molecular weight excluding hydrogens is 573 g/mol. The van der Waals surface area contributed by atoms with Gasteiger partial charge in [0.05, 0.1) is 22.7 Å². The Morgan fingerprint density at radius 2 is 1.60 bits per heavy atom. The number of amides is 2. The number of sulfonamides is 1. The number of carbonyl (C=O) groups is 2. The van der Waals surface area contributed by atoms with Gasteiger partial charge in [-0.3, -0.25) is 13.9 Å². The summed E-state index contributed by atoms with van der Waals surface area (Å²) >= 11 is 12.5. The average Bonchev–Trinajstić information content (AvgIpc) is 2.90. The third-order valence-corrected chi connectivity index (χ3v) is 8.28. The summed E-state index contributed by atoms with van der Waals surface area (Å²) < 4.78 is 33.8. The molecule has 3 aromatic carbocycles. The number of halogens is 2. The van der Waals surface area contributed by atoms with Crippen LogP contribution in [-0.2, 0) is 26.2 Å². The lowest BCUT2D eigenvalue weighted by atomic mass is 10.1. The fourth-order valence-corrected chi connectivity index (χ4v) is 5.92. The van der Waals surface area contributed by atoms with Crippen molar-refractivity contribution < 1.29 is 22.7 Å². The summed E-state index contributed by atoms with van der Waals surface area (Å²) in [6.45, 7) is 6.56. The normalized spacial score (nSPS) is 12.4. The second-order valence-electron chi connectivity index (χ2n) is 10.2. The van der Waals surface area contributed by atoms with E-state index in [1.165, 1.54) is 35.2 Å². The van der Waals surface area contributed by atoms with Gasteiger partial charge in [-0.15, -0.1) is 0 Å². The van der Waals surface area contributed by atoms with Gasteiger partial charge >= 0.3 is 0 Å². The molecular formula is C29H33Cl2N3O5S. The predicted molar refractivity (Wildman–Crippen MR) is 158 cm³/mol. The zero-order valence-electron chi connectivity index (χ0n) is 23.0. The predicted octanol–water partition coefficient (Wildman–Crippen LogP) is 5.53. The third-order valence-electron chi connectivity index (χ3n) is 5.97. The summed E-state index contributed by atoms with van der Waals surface area (Å²) in [5, 5.41) is 3.26. The average molecular weight is 607 g/mol. The molecule has 40 heavy (non-hydrogen) atoms. The lowest BCUT2D eigenvalue weighted by Crippen LogP contribution is -2.54. The van der Waals surface area contributed by atoms with Crippen LogP contribution in [-0.4, -0.2) is 50.4 Å². The highest BCUT2D eigenvalue weighted by Gasteiger charge is 2.34. The quantitative estimate of drug-likeness (QED) is 0.328. The van der Waals surface area contributed by atoms with Crippen molar-refractivity contribution in [3.05, 3.63) is 88.4 Å². The van der Waals surface area contributed by atoms with Crippen molar-refractivity contribution in [3.8, 4) is 5.75 Å². The Balaban J connectivity index is 2.05. The minimum atomic E-state index is -4.23. The number of methoxy groups -OCH3 is 1. The highest BCUT2D eigenvalue weighted by molar-refractivity contribution is 7.92. The molecule has 0 bridgehead atoms. The molecule has 0 spiro atoms. The van der Waals surface area contributed by atoms with Crippen LogP contribution in [0, 0.1) is 0 Å². The van der Waals surface area contributed by atoms with E-state index in [-0.39, 0.29) is 28.1 Å². The van der Waals surface area contributed by atoms with Crippen LogP contribution in [0.2, 0.25) is 10.0 Å². The van der Waals surface area contributed by atoms with Crippen LogP contribution in [0.5, 0.6) is 5.75 Å². The molecule has 0 fully saturated rings. The molecule has 0 saturated carbocycles. The van der Waals surface area contributed by atoms with Crippen LogP contribution in [0.4, 0.5) is 5.69 Å². The molecule has 2 amide bonds. The number of hydrogen-bond donors (Lipinski definition) is 1. The maximum Gasteiger partial charge on any atom is 0.264 e. The Kier molecular flexibility index (Phi) is 10.1. The molecule has 0 aliphatic carbocycles. The van der Waals surface area contributed by atoms with Crippen molar-refractivity contribution in [2.45, 2.75) is 50.7 Å². The monoisotopic (exact) mass is 605 g/mol. The number of ether oxygens (including phenoxy) is 1. The first-order chi connectivity index (χ1) is 18.7. The summed E-state index contributed by atoms with van der Waals surface area (Å²) in [5.41, 5.74) is 0.269. The Morgan fingerprint density at radius 1 is 0.975 bits per heavy atom. The number of hydrogen-bond acceptors (Lipinski definition) is 5. The standard InChI is InChI=1S/C29H33Cl2N3O5S/c1-20(28(36)32-29(2,3)4)33(18-21-11-14-23(39-5)15-12-21)27(35)19-34(26-16-13-22(30)17-25(26)31)40(37,38)24-9-7-6-8-10-24/h6-17,20H,18-19H2,1-5H3,(H,32,36). The van der Waals surface area contributed by atoms with Gasteiger partial charge in [0.15, 0.2) is 0 Å². The van der Waals surface area contributed by atoms with Gasteiger partial charge in [0.1, 0.15) is 18.3 Å². The molecule has 1 N–H and O–H groups in total. The van der Waals surface area contributed by atoms with Crippen LogP contribution in [0.3, 0.4) is 0 Å². The van der Waals surface area contributed by atoms with Crippen molar-refractivity contribution in [2.75, 3.05) is 18.0 Å². The molecule has 3 rings (SSSR count). The molecule has 1 unspecified atom stereocenters. The topological polar surface area (TPSA) is 96.0 Å². The molecule has 1 atom stereocenters. The SMILES string of the molecule is COc1ccc(CN(C(=O)CN(c2ccc(Cl)cc2Cl)S(=O)(=O)c2ccccc2)C(C)C(=O)NC(C)(C)C)cc1. The molecule has 11 heteroatoms. The maximum atomic E-state index is 14.0. The zero-order valence-corrected chi connectivity index (χ0v) is 25.3. The highest BCUT2D eigenvalue weighted by atomic mass is 35.5. The smallest absolute Gasteiger partial charge is 0.264 e. The summed E-state index contributed by atoms with van der Waals surface area (Å²) in [6.07, 6.45) is 0. The highest BCUT2D eigenvalue weighted by Crippen LogP contribution is 2.33. The first-order valence-corrected chi connectivity index (χ1v) is 14.7. The van der Waals surface area contributed by atoms with Crippen LogP contribution in [0.15, 0.2) is 77.7 Å². The van der Waals surface area contributed by atoms with Crippen molar-refractivity contribution in [3.63, 3.8) is 0 Å². The van der Waals surface area contributed by atoms with Crippen molar-refractivity contribution >= 4 is 50.7 Å². The van der Waals surface area contributed by atoms with Gasteiger partial charge in [0.25, 0.3) is 10.0 Å². The van der Waals surface area contributed by atoms with E-state index in [4.69, 9.17) is 27.9 Å². The van der Waals surface area contributed by atoms with Gasteiger partial charge in [-0.05, 0) is 75.7 Å². The van der Waals surface area contributed by atoms with E-state index in [9.17, 15) is 18.0 Å². The van der Waals surface area contributed by atoms with E-state index in [0.29, 0.717) is 10.8 Å². The molecule has 3 aromatic rings. The molecule has 0 aliphatic heterocycles. The minimum Gasteiger partial charge on any atom is -0.497 e. The summed E-state index contributed by atoms with van der Waals surface area (Å²) in [7, 11) is -2.68. The minimum absolute atomic E-state index is 0.0194. The fourth-order valence-electron chi connectivity index (χ4n) is 3.90. The van der Waals surface area contributed by atoms with Crippen molar-refractivity contribution in [1.82, 2.24) is 10.2 Å². The summed E-state index contributed by atoms with van der Waals surface area (Å²) in [6, 6.07) is 18.2. The number of nitrogens with one attached hydrogen (secondary N) is 1. The molecule has 0 saturated heterocycles. The lowest BCUT2D eigenvalue weighted by Gasteiger charge is -2.33. The number of benzene rings is 3. The van der Waals surface area contributed by atoms with E-state index in [0.717, 1.165) is 9.87 Å². The van der Waals surface area contributed by atoms with Crippen LogP contribution >= 0.6 is 23.2 Å². The van der Waals surface area contributed by atoms with Gasteiger partial charge in [-0.1, -0.05) is 53.5 Å². The van der Waals surface area contributed by atoms with Gasteiger partial charge in [-0.2, -0.15) is 0 Å². The maximum absolute atomic E-state index is 14.0. The van der Waals surface area contributed by atoms with Crippen LogP contribution in [0.25, 0.3) is 0 Å². The van der Waals surface area contributed by atoms with E-state index in [2.05, 4.69) is 5.32 Å². The van der Waals surface area contributed by atoms with Gasteiger partial charge < -0.3 is 15.0 Å². The lowest BCUT2D eigenvalue weighted by molar-refractivity contribution is -0.140. The molecule has 214 valence electrons. The number of carbonyl (C=O) groups excluding carboxylic acids is 2. The largest absolute Gasteiger partial charge is 0.497 e. The van der Waals surface area contributed by atoms with Gasteiger partial charge in [0.2, 0.25) is 11.8 Å². The zero-order chi connectivity index (χ0) is 29.7. The third kappa shape index (κ3) is 7.90. The Bertz CT molecular complexity index is 1440. The van der Waals surface area contributed by atoms with E-state index >= 15 is 0 Å². The molecule has 8 nitrogen and oxygen atoms in total. The van der Waals surface area contributed by atoms with Crippen molar-refractivity contribution in [2.24, 2.45) is 0 Å². The summed E-state index contributed by atoms with van der Waals surface area (Å²) in [4.78, 5) is 28.5. The first kappa shape index (κ1) is 31.3. The second kappa shape index (κ2) is 12.9. The molecule has 0 aromatic heterocycles. The van der Waals surface area contributed by atoms with Gasteiger partial charge in [-0.25, -0.2) is 8.42 Å². The Hall–Kier alpha value is -3.27. The summed E-state index contributed by atoms with van der Waals surface area (Å²) in [5.74, 6) is -0.341. The molecule has 0 heterocycles. The van der Waals surface area contributed by atoms with E-state index in [1.807, 2.05) is 20.8 Å². The van der Waals surface area contributed by atoms with Crippen LogP contribution < -0.4 is 14.4 Å². The van der Waals surface area contributed by atoms with Crippen LogP contribution in [0.1, 0.15) is 33.3 Å². The Morgan fingerprint density at radius 3 is 2.15 bits per heavy atom. The fraction of sp³-hybridized carbons (Fsp3) is 0.310. The number of anilines is 1. The first-order valence-electron chi connectivity index (χ1n) is 12.5.